The number of methoxy groups -OCH3 is 1. The maximum atomic E-state index is 11.3. The lowest BCUT2D eigenvalue weighted by Crippen LogP contribution is -2.39. The summed E-state index contributed by atoms with van der Waals surface area (Å²) in [5, 5.41) is 12.2. The maximum absolute atomic E-state index is 11.3. The Morgan fingerprint density at radius 3 is 3.00 bits per heavy atom. The lowest BCUT2D eigenvalue weighted by atomic mass is 9.89. The van der Waals surface area contributed by atoms with E-state index in [1.54, 1.807) is 0 Å². The first-order valence-electron chi connectivity index (χ1n) is 4.77. The van der Waals surface area contributed by atoms with Crippen molar-refractivity contribution >= 4 is 5.82 Å². The summed E-state index contributed by atoms with van der Waals surface area (Å²) >= 11 is 0. The van der Waals surface area contributed by atoms with Crippen molar-refractivity contribution in [3.63, 3.8) is 0 Å². The quantitative estimate of drug-likeness (QED) is 0.639. The molecule has 6 heteroatoms. The Labute approximate surface area is 86.3 Å². The fourth-order valence-electron chi connectivity index (χ4n) is 1.58. The second-order valence-electron chi connectivity index (χ2n) is 3.58. The zero-order chi connectivity index (χ0) is 10.8. The van der Waals surface area contributed by atoms with Crippen LogP contribution in [0.15, 0.2) is 11.1 Å². The van der Waals surface area contributed by atoms with Gasteiger partial charge in [0.2, 0.25) is 5.75 Å². The van der Waals surface area contributed by atoms with Crippen molar-refractivity contribution in [2.45, 2.75) is 25.0 Å². The van der Waals surface area contributed by atoms with Crippen LogP contribution >= 0.6 is 0 Å². The summed E-state index contributed by atoms with van der Waals surface area (Å²) in [5.41, 5.74) is -0.310. The summed E-state index contributed by atoms with van der Waals surface area (Å²) < 4.78 is 4.94. The summed E-state index contributed by atoms with van der Waals surface area (Å²) in [6.45, 7) is 0. The summed E-state index contributed by atoms with van der Waals surface area (Å²) in [7, 11) is 1.42. The molecule has 0 atom stereocenters. The molecule has 0 aliphatic heterocycles. The average molecular weight is 211 g/mol. The van der Waals surface area contributed by atoms with Crippen molar-refractivity contribution in [1.82, 2.24) is 9.97 Å². The average Bonchev–Trinajstić information content (AvgIpc) is 2.16. The van der Waals surface area contributed by atoms with Gasteiger partial charge in [0.25, 0.3) is 5.56 Å². The van der Waals surface area contributed by atoms with Gasteiger partial charge in [-0.3, -0.25) is 4.79 Å². The monoisotopic (exact) mass is 211 g/mol. The van der Waals surface area contributed by atoms with E-state index in [1.807, 2.05) is 0 Å². The number of nitrogens with one attached hydrogen (secondary N) is 2. The Hall–Kier alpha value is -1.56. The van der Waals surface area contributed by atoms with E-state index in [2.05, 4.69) is 15.3 Å². The van der Waals surface area contributed by atoms with E-state index in [0.717, 1.165) is 0 Å². The van der Waals surface area contributed by atoms with Gasteiger partial charge in [0.15, 0.2) is 5.82 Å². The molecular weight excluding hydrogens is 198 g/mol. The van der Waals surface area contributed by atoms with Crippen LogP contribution in [-0.4, -0.2) is 34.3 Å². The Kier molecular flexibility index (Phi) is 2.59. The van der Waals surface area contributed by atoms with Crippen LogP contribution in [0.5, 0.6) is 5.75 Å². The normalized spacial score (nSPS) is 24.4. The topological polar surface area (TPSA) is 87.2 Å². The predicted octanol–water partition coefficient (Wildman–Crippen LogP) is -0.286. The van der Waals surface area contributed by atoms with E-state index < -0.39 is 0 Å². The molecule has 0 aromatic carbocycles. The molecule has 1 fully saturated rings. The predicted molar refractivity (Wildman–Crippen MR) is 54.1 cm³/mol. The van der Waals surface area contributed by atoms with Crippen LogP contribution in [0.4, 0.5) is 5.82 Å². The first kappa shape index (κ1) is 9.97. The molecule has 0 radical (unpaired) electrons. The molecule has 0 unspecified atom stereocenters. The number of rotatable bonds is 3. The number of nitrogens with zero attached hydrogens (tertiary/aromatic N) is 1. The molecule has 1 aromatic rings. The van der Waals surface area contributed by atoms with Gasteiger partial charge in [-0.1, -0.05) is 0 Å². The number of aliphatic hydroxyl groups excluding tert-OH is 1. The highest BCUT2D eigenvalue weighted by molar-refractivity contribution is 5.48. The molecule has 1 saturated carbocycles. The molecule has 0 saturated heterocycles. The van der Waals surface area contributed by atoms with Gasteiger partial charge in [-0.25, -0.2) is 4.98 Å². The SMILES string of the molecule is COc1c(NC2CC(O)C2)nc[nH]c1=O. The molecule has 1 aromatic heterocycles. The Morgan fingerprint density at radius 1 is 1.67 bits per heavy atom. The molecule has 1 aliphatic rings. The highest BCUT2D eigenvalue weighted by atomic mass is 16.5. The Bertz CT molecular complexity index is 398. The lowest BCUT2D eigenvalue weighted by Gasteiger charge is -2.32. The van der Waals surface area contributed by atoms with Crippen LogP contribution in [0.2, 0.25) is 0 Å². The summed E-state index contributed by atoms with van der Waals surface area (Å²) in [5.74, 6) is 0.608. The third-order valence-electron chi connectivity index (χ3n) is 2.47. The second-order valence-corrected chi connectivity index (χ2v) is 3.58. The first-order chi connectivity index (χ1) is 7.20. The minimum atomic E-state index is -0.310. The summed E-state index contributed by atoms with van der Waals surface area (Å²) in [6, 6.07) is 0.170. The van der Waals surface area contributed by atoms with Gasteiger partial charge in [0, 0.05) is 6.04 Å². The third-order valence-corrected chi connectivity index (χ3v) is 2.47. The van der Waals surface area contributed by atoms with Gasteiger partial charge in [0.05, 0.1) is 19.5 Å². The maximum Gasteiger partial charge on any atom is 0.295 e. The second kappa shape index (κ2) is 3.90. The van der Waals surface area contributed by atoms with Gasteiger partial charge in [0.1, 0.15) is 0 Å². The standard InChI is InChI=1S/C9H13N3O3/c1-15-7-8(10-4-11-9(7)14)12-5-2-6(13)3-5/h4-6,13H,2-3H2,1H3,(H2,10,11,12,14). The van der Waals surface area contributed by atoms with Crippen molar-refractivity contribution in [3.8, 4) is 5.75 Å². The molecule has 15 heavy (non-hydrogen) atoms. The Balaban J connectivity index is 2.14. The number of hydrogen-bond donors (Lipinski definition) is 3. The smallest absolute Gasteiger partial charge is 0.295 e. The van der Waals surface area contributed by atoms with Crippen LogP contribution in [-0.2, 0) is 0 Å². The fourth-order valence-corrected chi connectivity index (χ4v) is 1.58. The molecule has 3 N–H and O–H groups in total. The van der Waals surface area contributed by atoms with Gasteiger partial charge in [-0.2, -0.15) is 0 Å². The molecule has 1 aliphatic carbocycles. The minimum absolute atomic E-state index is 0.170. The summed E-state index contributed by atoms with van der Waals surface area (Å²) in [6.07, 6.45) is 2.44. The molecule has 1 heterocycles. The summed E-state index contributed by atoms with van der Waals surface area (Å²) in [4.78, 5) is 17.7. The first-order valence-corrected chi connectivity index (χ1v) is 4.77. The van der Waals surface area contributed by atoms with Crippen molar-refractivity contribution in [1.29, 1.82) is 0 Å². The number of ether oxygens (including phenoxy) is 1. The van der Waals surface area contributed by atoms with E-state index in [1.165, 1.54) is 13.4 Å². The minimum Gasteiger partial charge on any atom is -0.489 e. The number of hydrogen-bond acceptors (Lipinski definition) is 5. The largest absolute Gasteiger partial charge is 0.489 e. The van der Waals surface area contributed by atoms with Crippen molar-refractivity contribution in [2.24, 2.45) is 0 Å². The van der Waals surface area contributed by atoms with Gasteiger partial charge >= 0.3 is 0 Å². The van der Waals surface area contributed by atoms with E-state index in [9.17, 15) is 4.79 Å². The molecular formula is C9H13N3O3. The number of H-pyrrole nitrogens is 1. The van der Waals surface area contributed by atoms with Crippen LogP contribution in [0.1, 0.15) is 12.8 Å². The van der Waals surface area contributed by atoms with Crippen molar-refractivity contribution in [2.75, 3.05) is 12.4 Å². The van der Waals surface area contributed by atoms with Crippen LogP contribution < -0.4 is 15.6 Å². The fraction of sp³-hybridized carbons (Fsp3) is 0.556. The highest BCUT2D eigenvalue weighted by Crippen LogP contribution is 2.25. The lowest BCUT2D eigenvalue weighted by molar-refractivity contribution is 0.0834. The van der Waals surface area contributed by atoms with Crippen molar-refractivity contribution < 1.29 is 9.84 Å². The number of aliphatic hydroxyl groups is 1. The molecule has 0 amide bonds. The highest BCUT2D eigenvalue weighted by Gasteiger charge is 2.28. The van der Waals surface area contributed by atoms with E-state index in [4.69, 9.17) is 9.84 Å². The zero-order valence-corrected chi connectivity index (χ0v) is 8.36. The van der Waals surface area contributed by atoms with Crippen LogP contribution in [0, 0.1) is 0 Å². The Morgan fingerprint density at radius 2 is 2.40 bits per heavy atom. The molecule has 0 bridgehead atoms. The van der Waals surface area contributed by atoms with E-state index in [-0.39, 0.29) is 23.5 Å². The van der Waals surface area contributed by atoms with E-state index in [0.29, 0.717) is 18.7 Å². The zero-order valence-electron chi connectivity index (χ0n) is 8.36. The molecule has 0 spiro atoms. The van der Waals surface area contributed by atoms with Crippen LogP contribution in [0.25, 0.3) is 0 Å². The van der Waals surface area contributed by atoms with Crippen molar-refractivity contribution in [3.05, 3.63) is 16.7 Å². The third kappa shape index (κ3) is 1.94. The van der Waals surface area contributed by atoms with Crippen LogP contribution in [0.3, 0.4) is 0 Å². The molecule has 6 nitrogen and oxygen atoms in total. The van der Waals surface area contributed by atoms with Gasteiger partial charge < -0.3 is 20.1 Å². The molecule has 2 rings (SSSR count). The molecule has 82 valence electrons. The van der Waals surface area contributed by atoms with Gasteiger partial charge in [-0.05, 0) is 12.8 Å². The van der Waals surface area contributed by atoms with E-state index >= 15 is 0 Å². The number of anilines is 1. The van der Waals surface area contributed by atoms with Gasteiger partial charge in [-0.15, -0.1) is 0 Å². The number of aromatic nitrogens is 2. The number of aromatic amines is 1.